The van der Waals surface area contributed by atoms with Gasteiger partial charge in [0.25, 0.3) is 0 Å². The lowest BCUT2D eigenvalue weighted by Crippen LogP contribution is -1.96. The summed E-state index contributed by atoms with van der Waals surface area (Å²) in [6.45, 7) is 0. The van der Waals surface area contributed by atoms with E-state index in [-0.39, 0.29) is 5.71 Å². The molecule has 15 heavy (non-hydrogen) atoms. The van der Waals surface area contributed by atoms with Gasteiger partial charge in [-0.2, -0.15) is 15.6 Å². The Kier molecular flexibility index (Phi) is 3.50. The van der Waals surface area contributed by atoms with Crippen LogP contribution in [0.1, 0.15) is 0 Å². The van der Waals surface area contributed by atoms with Crippen molar-refractivity contribution in [1.82, 2.24) is 0 Å². The molecule has 0 heterocycles. The molecule has 0 aliphatic carbocycles. The van der Waals surface area contributed by atoms with Gasteiger partial charge in [0, 0.05) is 0 Å². The quantitative estimate of drug-likeness (QED) is 0.450. The summed E-state index contributed by atoms with van der Waals surface area (Å²) in [7, 11) is 0. The lowest BCUT2D eigenvalue weighted by Gasteiger charge is -2.02. The number of nitrogens with two attached hydrogens (primary N) is 1. The van der Waals surface area contributed by atoms with Crippen LogP contribution >= 0.6 is 11.6 Å². The first-order valence-electron chi connectivity index (χ1n) is 3.86. The molecular formula is C9H6ClN5. The van der Waals surface area contributed by atoms with Crippen molar-refractivity contribution < 1.29 is 0 Å². The molecule has 1 aromatic rings. The summed E-state index contributed by atoms with van der Waals surface area (Å²) in [6.07, 6.45) is 0. The molecular weight excluding hydrogens is 214 g/mol. The van der Waals surface area contributed by atoms with Gasteiger partial charge in [0.05, 0.1) is 16.4 Å². The smallest absolute Gasteiger partial charge is 0.237 e. The van der Waals surface area contributed by atoms with Crippen molar-refractivity contribution in [2.45, 2.75) is 0 Å². The molecule has 0 unspecified atom stereocenters. The van der Waals surface area contributed by atoms with Crippen LogP contribution in [0.5, 0.6) is 0 Å². The number of hydrogen-bond acceptors (Lipinski definition) is 5. The maximum atomic E-state index is 8.41. The topological polar surface area (TPSA) is 98.0 Å². The molecule has 74 valence electrons. The average Bonchev–Trinajstić information content (AvgIpc) is 2.24. The molecule has 0 aliphatic heterocycles. The minimum atomic E-state index is -0.261. The van der Waals surface area contributed by atoms with Gasteiger partial charge in [-0.25, -0.2) is 0 Å². The fourth-order valence-corrected chi connectivity index (χ4v) is 0.973. The largest absolute Gasteiger partial charge is 0.398 e. The molecule has 0 amide bonds. The van der Waals surface area contributed by atoms with E-state index in [1.165, 1.54) is 0 Å². The second-order valence-electron chi connectivity index (χ2n) is 2.53. The summed E-state index contributed by atoms with van der Waals surface area (Å²) < 4.78 is 0. The highest BCUT2D eigenvalue weighted by atomic mass is 35.5. The summed E-state index contributed by atoms with van der Waals surface area (Å²) in [6, 6.07) is 8.01. The number of hydrazone groups is 1. The van der Waals surface area contributed by atoms with Crippen molar-refractivity contribution in [3.8, 4) is 12.1 Å². The molecule has 0 fully saturated rings. The molecule has 3 N–H and O–H groups in total. The fourth-order valence-electron chi connectivity index (χ4n) is 0.792. The number of nitrogens with one attached hydrogen (secondary N) is 1. The van der Waals surface area contributed by atoms with E-state index < -0.39 is 0 Å². The first-order chi connectivity index (χ1) is 7.17. The lowest BCUT2D eigenvalue weighted by atomic mass is 10.3. The van der Waals surface area contributed by atoms with Crippen molar-refractivity contribution in [1.29, 1.82) is 10.5 Å². The first kappa shape index (κ1) is 10.8. The van der Waals surface area contributed by atoms with Gasteiger partial charge in [-0.3, -0.25) is 5.43 Å². The van der Waals surface area contributed by atoms with Gasteiger partial charge in [0.15, 0.2) is 0 Å². The molecule has 0 spiro atoms. The molecule has 6 heteroatoms. The fraction of sp³-hybridized carbons (Fsp3) is 0. The number of hydrogen-bond donors (Lipinski definition) is 2. The van der Waals surface area contributed by atoms with E-state index in [0.29, 0.717) is 16.4 Å². The number of nitrogen functional groups attached to an aromatic ring is 1. The predicted molar refractivity (Wildman–Crippen MR) is 58.1 cm³/mol. The lowest BCUT2D eigenvalue weighted by molar-refractivity contribution is 1.34. The van der Waals surface area contributed by atoms with Crippen molar-refractivity contribution in [2.24, 2.45) is 5.10 Å². The molecule has 0 radical (unpaired) electrons. The van der Waals surface area contributed by atoms with Crippen LogP contribution in [-0.4, -0.2) is 5.71 Å². The van der Waals surface area contributed by atoms with E-state index in [2.05, 4.69) is 10.5 Å². The standard InChI is InChI=1S/C9H6ClN5/c10-8-3-6(1-2-9(8)13)14-15-7(4-11)5-12/h1-3,14H,13H2. The highest BCUT2D eigenvalue weighted by Crippen LogP contribution is 2.22. The molecule has 1 aromatic carbocycles. The van der Waals surface area contributed by atoms with E-state index in [1.807, 2.05) is 0 Å². The van der Waals surface area contributed by atoms with Gasteiger partial charge in [-0.15, -0.1) is 0 Å². The monoisotopic (exact) mass is 219 g/mol. The Balaban J connectivity index is 2.84. The minimum Gasteiger partial charge on any atom is -0.398 e. The van der Waals surface area contributed by atoms with E-state index in [0.717, 1.165) is 0 Å². The van der Waals surface area contributed by atoms with Gasteiger partial charge in [0.1, 0.15) is 12.1 Å². The third-order valence-corrected chi connectivity index (χ3v) is 1.84. The van der Waals surface area contributed by atoms with Gasteiger partial charge < -0.3 is 5.73 Å². The van der Waals surface area contributed by atoms with Crippen LogP contribution in [0.2, 0.25) is 5.02 Å². The number of anilines is 2. The van der Waals surface area contributed by atoms with Crippen LogP contribution in [0.25, 0.3) is 0 Å². The van der Waals surface area contributed by atoms with Crippen molar-refractivity contribution in [3.63, 3.8) is 0 Å². The third kappa shape index (κ3) is 2.87. The van der Waals surface area contributed by atoms with Crippen molar-refractivity contribution in [2.75, 3.05) is 11.2 Å². The first-order valence-corrected chi connectivity index (χ1v) is 4.24. The maximum absolute atomic E-state index is 8.41. The van der Waals surface area contributed by atoms with Gasteiger partial charge in [-0.1, -0.05) is 11.6 Å². The van der Waals surface area contributed by atoms with Gasteiger partial charge in [0.2, 0.25) is 5.71 Å². The van der Waals surface area contributed by atoms with Crippen molar-refractivity contribution in [3.05, 3.63) is 23.2 Å². The summed E-state index contributed by atoms with van der Waals surface area (Å²) >= 11 is 5.75. The second kappa shape index (κ2) is 4.85. The van der Waals surface area contributed by atoms with Crippen LogP contribution in [0.4, 0.5) is 11.4 Å². The summed E-state index contributed by atoms with van der Waals surface area (Å²) in [5, 5.41) is 20.8. The molecule has 0 saturated heterocycles. The van der Waals surface area contributed by atoms with Crippen LogP contribution in [0, 0.1) is 22.7 Å². The van der Waals surface area contributed by atoms with E-state index in [9.17, 15) is 0 Å². The van der Waals surface area contributed by atoms with Crippen LogP contribution < -0.4 is 11.2 Å². The summed E-state index contributed by atoms with van der Waals surface area (Å²) in [5.74, 6) is 0. The van der Waals surface area contributed by atoms with Gasteiger partial charge >= 0.3 is 0 Å². The van der Waals surface area contributed by atoms with Crippen molar-refractivity contribution >= 4 is 28.7 Å². The molecule has 5 nitrogen and oxygen atoms in total. The zero-order valence-electron chi connectivity index (χ0n) is 7.53. The van der Waals surface area contributed by atoms with E-state index in [1.54, 1.807) is 30.3 Å². The Morgan fingerprint density at radius 2 is 2.07 bits per heavy atom. The summed E-state index contributed by atoms with van der Waals surface area (Å²) in [4.78, 5) is 0. The Hall–Kier alpha value is -2.24. The molecule has 0 bridgehead atoms. The maximum Gasteiger partial charge on any atom is 0.237 e. The number of rotatable bonds is 2. The molecule has 0 aliphatic rings. The zero-order chi connectivity index (χ0) is 11.3. The normalized spacial score (nSPS) is 8.47. The van der Waals surface area contributed by atoms with Gasteiger partial charge in [-0.05, 0) is 18.2 Å². The highest BCUT2D eigenvalue weighted by molar-refractivity contribution is 6.33. The van der Waals surface area contributed by atoms with E-state index >= 15 is 0 Å². The highest BCUT2D eigenvalue weighted by Gasteiger charge is 1.98. The van der Waals surface area contributed by atoms with Crippen LogP contribution in [0.3, 0.4) is 0 Å². The minimum absolute atomic E-state index is 0.261. The number of benzene rings is 1. The summed E-state index contributed by atoms with van der Waals surface area (Å²) in [5.41, 5.74) is 8.76. The average molecular weight is 220 g/mol. The number of nitriles is 2. The molecule has 1 rings (SSSR count). The SMILES string of the molecule is N#CC(C#N)=NNc1ccc(N)c(Cl)c1. The Bertz CT molecular complexity index is 464. The number of halogens is 1. The zero-order valence-corrected chi connectivity index (χ0v) is 8.28. The Morgan fingerprint density at radius 3 is 2.60 bits per heavy atom. The number of nitrogens with zero attached hydrogens (tertiary/aromatic N) is 3. The second-order valence-corrected chi connectivity index (χ2v) is 2.94. The third-order valence-electron chi connectivity index (χ3n) is 1.51. The predicted octanol–water partition coefficient (Wildman–Crippen LogP) is 1.74. The van der Waals surface area contributed by atoms with E-state index in [4.69, 9.17) is 27.9 Å². The van der Waals surface area contributed by atoms with Crippen LogP contribution in [-0.2, 0) is 0 Å². The molecule has 0 saturated carbocycles. The van der Waals surface area contributed by atoms with Crippen LogP contribution in [0.15, 0.2) is 23.3 Å². The molecule has 0 atom stereocenters. The Morgan fingerprint density at radius 1 is 1.40 bits per heavy atom. The Labute approximate surface area is 91.4 Å². The molecule has 0 aromatic heterocycles.